The molecule has 0 unspecified atom stereocenters. The lowest BCUT2D eigenvalue weighted by Gasteiger charge is -2.19. The largest absolute Gasteiger partial charge is 0.493 e. The number of hydrogen-bond donors (Lipinski definition) is 1. The standard InChI is InChI=1S/C18H19ClN2O5/c1-4-15(11-5-8-16(25-2)17(9-11)26-3)20-18(22)13-10-12(21(23)24)6-7-14(13)19/h5-10,15H,4H2,1-3H3,(H,20,22)/t15-/m1/s1. The number of methoxy groups -OCH3 is 2. The normalized spacial score (nSPS) is 11.5. The quantitative estimate of drug-likeness (QED) is 0.577. The smallest absolute Gasteiger partial charge is 0.270 e. The van der Waals surface area contributed by atoms with E-state index in [-0.39, 0.29) is 22.3 Å². The molecule has 8 heteroatoms. The minimum Gasteiger partial charge on any atom is -0.493 e. The zero-order valence-corrected chi connectivity index (χ0v) is 15.4. The second-order valence-electron chi connectivity index (χ2n) is 5.47. The topological polar surface area (TPSA) is 90.7 Å². The van der Waals surface area contributed by atoms with Gasteiger partial charge in [-0.15, -0.1) is 0 Å². The third-order valence-corrected chi connectivity index (χ3v) is 4.26. The van der Waals surface area contributed by atoms with Crippen molar-refractivity contribution in [1.29, 1.82) is 0 Å². The maximum atomic E-state index is 12.6. The van der Waals surface area contributed by atoms with Crippen molar-refractivity contribution in [2.45, 2.75) is 19.4 Å². The molecule has 0 saturated heterocycles. The Morgan fingerprint density at radius 2 is 1.88 bits per heavy atom. The van der Waals surface area contributed by atoms with Crippen molar-refractivity contribution in [2.24, 2.45) is 0 Å². The number of carbonyl (C=O) groups excluding carboxylic acids is 1. The number of nitrogens with one attached hydrogen (secondary N) is 1. The summed E-state index contributed by atoms with van der Waals surface area (Å²) in [5, 5.41) is 13.9. The number of ether oxygens (including phenoxy) is 2. The first-order valence-electron chi connectivity index (χ1n) is 7.88. The summed E-state index contributed by atoms with van der Waals surface area (Å²) in [5.74, 6) is 0.644. The molecular weight excluding hydrogens is 360 g/mol. The molecule has 0 radical (unpaired) electrons. The molecule has 7 nitrogen and oxygen atoms in total. The lowest BCUT2D eigenvalue weighted by atomic mass is 10.0. The van der Waals surface area contributed by atoms with Gasteiger partial charge in [-0.2, -0.15) is 0 Å². The van der Waals surface area contributed by atoms with Crippen molar-refractivity contribution in [1.82, 2.24) is 5.32 Å². The first-order valence-corrected chi connectivity index (χ1v) is 8.25. The van der Waals surface area contributed by atoms with Crippen LogP contribution in [0, 0.1) is 10.1 Å². The third kappa shape index (κ3) is 4.23. The van der Waals surface area contributed by atoms with E-state index < -0.39 is 10.8 Å². The Hall–Kier alpha value is -2.80. The third-order valence-electron chi connectivity index (χ3n) is 3.93. The molecule has 138 valence electrons. The fourth-order valence-corrected chi connectivity index (χ4v) is 2.73. The van der Waals surface area contributed by atoms with E-state index in [4.69, 9.17) is 21.1 Å². The highest BCUT2D eigenvalue weighted by Gasteiger charge is 2.20. The highest BCUT2D eigenvalue weighted by atomic mass is 35.5. The lowest BCUT2D eigenvalue weighted by Crippen LogP contribution is -2.28. The fourth-order valence-electron chi connectivity index (χ4n) is 2.53. The Labute approximate surface area is 156 Å². The zero-order valence-electron chi connectivity index (χ0n) is 14.6. The molecule has 1 atom stereocenters. The Morgan fingerprint density at radius 1 is 1.19 bits per heavy atom. The number of halogens is 1. The number of hydrogen-bond acceptors (Lipinski definition) is 5. The van der Waals surface area contributed by atoms with E-state index in [2.05, 4.69) is 5.32 Å². The van der Waals surface area contributed by atoms with Crippen LogP contribution in [0.5, 0.6) is 11.5 Å². The molecule has 0 aliphatic rings. The van der Waals surface area contributed by atoms with Crippen LogP contribution in [0.3, 0.4) is 0 Å². The average Bonchev–Trinajstić information content (AvgIpc) is 2.65. The van der Waals surface area contributed by atoms with E-state index in [1.807, 2.05) is 13.0 Å². The van der Waals surface area contributed by atoms with Crippen LogP contribution in [-0.2, 0) is 0 Å². The molecule has 2 aromatic rings. The van der Waals surface area contributed by atoms with Crippen molar-refractivity contribution in [2.75, 3.05) is 14.2 Å². The summed E-state index contributed by atoms with van der Waals surface area (Å²) < 4.78 is 10.5. The van der Waals surface area contributed by atoms with Gasteiger partial charge in [0.2, 0.25) is 0 Å². The molecule has 0 bridgehead atoms. The van der Waals surface area contributed by atoms with Gasteiger partial charge in [-0.1, -0.05) is 24.6 Å². The van der Waals surface area contributed by atoms with Crippen molar-refractivity contribution in [3.8, 4) is 11.5 Å². The minimum absolute atomic E-state index is 0.0554. The van der Waals surface area contributed by atoms with E-state index in [9.17, 15) is 14.9 Å². The molecule has 0 saturated carbocycles. The Balaban J connectivity index is 2.29. The van der Waals surface area contributed by atoms with Gasteiger partial charge in [-0.25, -0.2) is 0 Å². The van der Waals surface area contributed by atoms with Crippen molar-refractivity contribution in [3.05, 3.63) is 62.7 Å². The SMILES string of the molecule is CC[C@@H](NC(=O)c1cc([N+](=O)[O-])ccc1Cl)c1ccc(OC)c(OC)c1. The summed E-state index contributed by atoms with van der Waals surface area (Å²) in [7, 11) is 3.07. The second kappa shape index (κ2) is 8.53. The van der Waals surface area contributed by atoms with E-state index >= 15 is 0 Å². The summed E-state index contributed by atoms with van der Waals surface area (Å²) in [6.07, 6.45) is 0.605. The second-order valence-corrected chi connectivity index (χ2v) is 5.88. The number of carbonyl (C=O) groups is 1. The van der Waals surface area contributed by atoms with E-state index in [1.165, 1.54) is 25.3 Å². The molecule has 2 aromatic carbocycles. The number of amides is 1. The van der Waals surface area contributed by atoms with Gasteiger partial charge < -0.3 is 14.8 Å². The maximum Gasteiger partial charge on any atom is 0.270 e. The first kappa shape index (κ1) is 19.5. The lowest BCUT2D eigenvalue weighted by molar-refractivity contribution is -0.384. The summed E-state index contributed by atoms with van der Waals surface area (Å²) >= 11 is 6.04. The monoisotopic (exact) mass is 378 g/mol. The summed E-state index contributed by atoms with van der Waals surface area (Å²) in [6.45, 7) is 1.91. The molecule has 1 amide bonds. The van der Waals surface area contributed by atoms with Crippen LogP contribution in [0.25, 0.3) is 0 Å². The van der Waals surface area contributed by atoms with Gasteiger partial charge in [0, 0.05) is 12.1 Å². The van der Waals surface area contributed by atoms with E-state index in [1.54, 1.807) is 19.2 Å². The van der Waals surface area contributed by atoms with Crippen molar-refractivity contribution in [3.63, 3.8) is 0 Å². The van der Waals surface area contributed by atoms with Gasteiger partial charge in [-0.05, 0) is 30.2 Å². The van der Waals surface area contributed by atoms with E-state index in [0.717, 1.165) is 5.56 Å². The predicted molar refractivity (Wildman–Crippen MR) is 98.2 cm³/mol. The molecule has 0 aliphatic heterocycles. The summed E-state index contributed by atoms with van der Waals surface area (Å²) in [4.78, 5) is 22.9. The molecular formula is C18H19ClN2O5. The van der Waals surface area contributed by atoms with Gasteiger partial charge in [-0.3, -0.25) is 14.9 Å². The van der Waals surface area contributed by atoms with Crippen LogP contribution in [0.15, 0.2) is 36.4 Å². The number of nitro benzene ring substituents is 1. The summed E-state index contributed by atoms with van der Waals surface area (Å²) in [6, 6.07) is 8.80. The highest BCUT2D eigenvalue weighted by molar-refractivity contribution is 6.34. The number of nitro groups is 1. The molecule has 0 aromatic heterocycles. The highest BCUT2D eigenvalue weighted by Crippen LogP contribution is 2.31. The molecule has 26 heavy (non-hydrogen) atoms. The van der Waals surface area contributed by atoms with Crippen molar-refractivity contribution < 1.29 is 19.2 Å². The van der Waals surface area contributed by atoms with Gasteiger partial charge in [0.1, 0.15) is 0 Å². The predicted octanol–water partition coefficient (Wildman–Crippen LogP) is 4.15. The Kier molecular flexibility index (Phi) is 6.41. The first-order chi connectivity index (χ1) is 12.4. The zero-order chi connectivity index (χ0) is 19.3. The van der Waals surface area contributed by atoms with Crippen LogP contribution in [0.1, 0.15) is 35.3 Å². The van der Waals surface area contributed by atoms with E-state index in [0.29, 0.717) is 17.9 Å². The summed E-state index contributed by atoms with van der Waals surface area (Å²) in [5.41, 5.74) is 0.679. The van der Waals surface area contributed by atoms with Gasteiger partial charge >= 0.3 is 0 Å². The van der Waals surface area contributed by atoms with Crippen LogP contribution < -0.4 is 14.8 Å². The number of rotatable bonds is 7. The van der Waals surface area contributed by atoms with Gasteiger partial charge in [0.25, 0.3) is 11.6 Å². The minimum atomic E-state index is -0.571. The van der Waals surface area contributed by atoms with Gasteiger partial charge in [0.15, 0.2) is 11.5 Å². The van der Waals surface area contributed by atoms with Crippen LogP contribution >= 0.6 is 11.6 Å². The molecule has 2 rings (SSSR count). The molecule has 0 aliphatic carbocycles. The molecule has 0 spiro atoms. The average molecular weight is 379 g/mol. The number of nitrogens with zero attached hydrogens (tertiary/aromatic N) is 1. The Bertz CT molecular complexity index is 825. The number of non-ortho nitro benzene ring substituents is 1. The fraction of sp³-hybridized carbons (Fsp3) is 0.278. The maximum absolute atomic E-state index is 12.6. The van der Waals surface area contributed by atoms with Gasteiger partial charge in [0.05, 0.1) is 35.8 Å². The molecule has 1 N–H and O–H groups in total. The number of benzene rings is 2. The molecule has 0 fully saturated rings. The van der Waals surface area contributed by atoms with Crippen LogP contribution in [-0.4, -0.2) is 25.1 Å². The van der Waals surface area contributed by atoms with Crippen LogP contribution in [0.4, 0.5) is 5.69 Å². The van der Waals surface area contributed by atoms with Crippen LogP contribution in [0.2, 0.25) is 5.02 Å². The Morgan fingerprint density at radius 3 is 2.46 bits per heavy atom. The van der Waals surface area contributed by atoms with Crippen molar-refractivity contribution >= 4 is 23.2 Å². The molecule has 0 heterocycles.